The van der Waals surface area contributed by atoms with Gasteiger partial charge >= 0.3 is 0 Å². The maximum atomic E-state index is 9.44. The van der Waals surface area contributed by atoms with E-state index in [0.717, 1.165) is 0 Å². The van der Waals surface area contributed by atoms with Gasteiger partial charge in [0.15, 0.2) is 0 Å². The van der Waals surface area contributed by atoms with Crippen LogP contribution in [0.3, 0.4) is 0 Å². The summed E-state index contributed by atoms with van der Waals surface area (Å²) in [7, 11) is 0. The molecule has 0 amide bonds. The minimum Gasteiger partial charge on any atom is -0.388 e. The van der Waals surface area contributed by atoms with Gasteiger partial charge in [-0.05, 0) is 33.6 Å². The molecule has 1 aliphatic rings. The zero-order chi connectivity index (χ0) is 7.78. The van der Waals surface area contributed by atoms with Gasteiger partial charge in [-0.1, -0.05) is 0 Å². The Morgan fingerprint density at radius 3 is 2.30 bits per heavy atom. The van der Waals surface area contributed by atoms with Crippen molar-refractivity contribution in [2.45, 2.75) is 51.4 Å². The molecule has 0 bridgehead atoms. The molecule has 1 N–H and O–H groups in total. The summed E-state index contributed by atoms with van der Waals surface area (Å²) >= 11 is 0. The van der Waals surface area contributed by atoms with Crippen LogP contribution in [0.4, 0.5) is 0 Å². The smallest absolute Gasteiger partial charge is 0.0849 e. The topological polar surface area (TPSA) is 29.5 Å². The van der Waals surface area contributed by atoms with E-state index in [-0.39, 0.29) is 6.10 Å². The highest BCUT2D eigenvalue weighted by Crippen LogP contribution is 2.27. The molecule has 0 heterocycles. The Balaban J connectivity index is 2.25. The highest BCUT2D eigenvalue weighted by molar-refractivity contribution is 4.80. The first-order chi connectivity index (χ1) is 4.50. The van der Waals surface area contributed by atoms with Gasteiger partial charge in [0.2, 0.25) is 0 Å². The van der Waals surface area contributed by atoms with Crippen molar-refractivity contribution in [3.05, 3.63) is 0 Å². The number of hydrogen-bond acceptors (Lipinski definition) is 2. The molecule has 0 aliphatic heterocycles. The zero-order valence-corrected chi connectivity index (χ0v) is 6.92. The van der Waals surface area contributed by atoms with Crippen molar-refractivity contribution in [1.82, 2.24) is 0 Å². The van der Waals surface area contributed by atoms with Gasteiger partial charge in [-0.25, -0.2) is 0 Å². The summed E-state index contributed by atoms with van der Waals surface area (Å²) in [5, 5.41) is 9.44. The van der Waals surface area contributed by atoms with E-state index in [4.69, 9.17) is 4.74 Å². The van der Waals surface area contributed by atoms with E-state index in [2.05, 4.69) is 0 Å². The van der Waals surface area contributed by atoms with E-state index in [0.29, 0.717) is 6.10 Å². The summed E-state index contributed by atoms with van der Waals surface area (Å²) < 4.78 is 5.48. The van der Waals surface area contributed by atoms with Crippen LogP contribution in [-0.4, -0.2) is 22.9 Å². The highest BCUT2D eigenvalue weighted by Gasteiger charge is 2.30. The fourth-order valence-electron chi connectivity index (χ4n) is 0.659. The van der Waals surface area contributed by atoms with Crippen LogP contribution in [0.15, 0.2) is 0 Å². The molecule has 0 aromatic carbocycles. The molecule has 60 valence electrons. The third-order valence-electron chi connectivity index (χ3n) is 1.92. The van der Waals surface area contributed by atoms with Gasteiger partial charge in [0.1, 0.15) is 0 Å². The zero-order valence-electron chi connectivity index (χ0n) is 6.92. The minimum atomic E-state index is -0.692. The quantitative estimate of drug-likeness (QED) is 0.647. The van der Waals surface area contributed by atoms with Crippen molar-refractivity contribution in [3.63, 3.8) is 0 Å². The van der Waals surface area contributed by atoms with Crippen LogP contribution in [0.5, 0.6) is 0 Å². The van der Waals surface area contributed by atoms with E-state index in [1.54, 1.807) is 13.8 Å². The monoisotopic (exact) mass is 144 g/mol. The van der Waals surface area contributed by atoms with Crippen LogP contribution in [0.25, 0.3) is 0 Å². The molecule has 2 heteroatoms. The highest BCUT2D eigenvalue weighted by atomic mass is 16.5. The Labute approximate surface area is 62.2 Å². The minimum absolute atomic E-state index is 0.0417. The van der Waals surface area contributed by atoms with Gasteiger partial charge in [-0.3, -0.25) is 0 Å². The molecular weight excluding hydrogens is 128 g/mol. The average Bonchev–Trinajstić information content (AvgIpc) is 2.47. The van der Waals surface area contributed by atoms with Crippen LogP contribution in [0.1, 0.15) is 33.6 Å². The SMILES string of the molecule is CC(OC1CC1)C(C)(C)O. The fourth-order valence-corrected chi connectivity index (χ4v) is 0.659. The lowest BCUT2D eigenvalue weighted by atomic mass is 10.0. The third-order valence-corrected chi connectivity index (χ3v) is 1.92. The average molecular weight is 144 g/mol. The number of aliphatic hydroxyl groups is 1. The van der Waals surface area contributed by atoms with Crippen LogP contribution in [0.2, 0.25) is 0 Å². The summed E-state index contributed by atoms with van der Waals surface area (Å²) in [6.07, 6.45) is 2.72. The predicted octanol–water partition coefficient (Wildman–Crippen LogP) is 1.32. The predicted molar refractivity (Wildman–Crippen MR) is 39.9 cm³/mol. The molecule has 0 aromatic rings. The summed E-state index contributed by atoms with van der Waals surface area (Å²) in [5.41, 5.74) is -0.692. The first-order valence-corrected chi connectivity index (χ1v) is 3.88. The molecule has 0 aromatic heterocycles. The maximum Gasteiger partial charge on any atom is 0.0849 e. The van der Waals surface area contributed by atoms with Crippen LogP contribution >= 0.6 is 0 Å². The van der Waals surface area contributed by atoms with Crippen LogP contribution in [-0.2, 0) is 4.74 Å². The summed E-state index contributed by atoms with van der Waals surface area (Å²) in [4.78, 5) is 0. The van der Waals surface area contributed by atoms with E-state index < -0.39 is 5.60 Å². The van der Waals surface area contributed by atoms with Gasteiger partial charge in [-0.2, -0.15) is 0 Å². The van der Waals surface area contributed by atoms with Gasteiger partial charge in [0, 0.05) is 0 Å². The van der Waals surface area contributed by atoms with Crippen molar-refractivity contribution < 1.29 is 9.84 Å². The standard InChI is InChI=1S/C8H16O2/c1-6(8(2,3)9)10-7-4-5-7/h6-7,9H,4-5H2,1-3H3. The molecule has 1 aliphatic carbocycles. The maximum absolute atomic E-state index is 9.44. The summed E-state index contributed by atoms with van der Waals surface area (Å²) in [6.45, 7) is 5.47. The van der Waals surface area contributed by atoms with Gasteiger partial charge in [0.25, 0.3) is 0 Å². The van der Waals surface area contributed by atoms with Gasteiger partial charge in [0.05, 0.1) is 17.8 Å². The Kier molecular flexibility index (Phi) is 2.02. The lowest BCUT2D eigenvalue weighted by Gasteiger charge is -2.25. The summed E-state index contributed by atoms with van der Waals surface area (Å²) in [5.74, 6) is 0. The Bertz CT molecular complexity index is 111. The van der Waals surface area contributed by atoms with Gasteiger partial charge in [-0.15, -0.1) is 0 Å². The van der Waals surface area contributed by atoms with Crippen molar-refractivity contribution in [2.75, 3.05) is 0 Å². The van der Waals surface area contributed by atoms with Crippen molar-refractivity contribution in [1.29, 1.82) is 0 Å². The number of rotatable bonds is 3. The number of hydrogen-bond donors (Lipinski definition) is 1. The number of ether oxygens (including phenoxy) is 1. The normalized spacial score (nSPS) is 22.8. The Hall–Kier alpha value is -0.0800. The molecule has 0 radical (unpaired) electrons. The molecule has 0 saturated heterocycles. The lowest BCUT2D eigenvalue weighted by Crippen LogP contribution is -2.36. The van der Waals surface area contributed by atoms with Crippen LogP contribution in [0, 0.1) is 0 Å². The second-order valence-electron chi connectivity index (χ2n) is 3.63. The molecule has 10 heavy (non-hydrogen) atoms. The molecule has 1 atom stereocenters. The second kappa shape index (κ2) is 2.51. The fraction of sp³-hybridized carbons (Fsp3) is 1.00. The van der Waals surface area contributed by atoms with Crippen molar-refractivity contribution in [2.24, 2.45) is 0 Å². The Morgan fingerprint density at radius 1 is 1.50 bits per heavy atom. The first-order valence-electron chi connectivity index (χ1n) is 3.88. The van der Waals surface area contributed by atoms with E-state index in [1.807, 2.05) is 6.92 Å². The molecular formula is C8H16O2. The molecule has 1 rings (SSSR count). The molecule has 1 fully saturated rings. The molecule has 0 spiro atoms. The summed E-state index contributed by atoms with van der Waals surface area (Å²) in [6, 6.07) is 0. The first kappa shape index (κ1) is 8.02. The third kappa shape index (κ3) is 2.27. The Morgan fingerprint density at radius 2 is 2.00 bits per heavy atom. The van der Waals surface area contributed by atoms with Crippen LogP contribution < -0.4 is 0 Å². The van der Waals surface area contributed by atoms with E-state index in [9.17, 15) is 5.11 Å². The lowest BCUT2D eigenvalue weighted by molar-refractivity contribution is -0.0850. The molecule has 2 nitrogen and oxygen atoms in total. The van der Waals surface area contributed by atoms with Crippen molar-refractivity contribution in [3.8, 4) is 0 Å². The second-order valence-corrected chi connectivity index (χ2v) is 3.63. The van der Waals surface area contributed by atoms with Crippen molar-refractivity contribution >= 4 is 0 Å². The molecule has 1 saturated carbocycles. The molecule has 1 unspecified atom stereocenters. The largest absolute Gasteiger partial charge is 0.388 e. The van der Waals surface area contributed by atoms with E-state index >= 15 is 0 Å². The van der Waals surface area contributed by atoms with Gasteiger partial charge < -0.3 is 9.84 Å². The van der Waals surface area contributed by atoms with E-state index in [1.165, 1.54) is 12.8 Å².